The molecule has 1 heterocycles. The number of aromatic nitrogens is 3. The summed E-state index contributed by atoms with van der Waals surface area (Å²) in [6.07, 6.45) is 7.95. The standard InChI is InChI=1S/C54H80N6O12/c1-52(2,3)70-46(62)30-29-44(50(67)72-54(7,8)9)57-51(68)56-43(49(66)71-53(4,5)6)28-20-21-31-60-36-41(58-59-60)37-69-32-22-12-10-11-19-27-42(61)35-40(33-38-23-15-13-16-24-38)47(63)55-45(48(64)65)34-39-25-17-14-18-26-39/h13-18,23-26,36,40,43-45H,10-12,19-22,27-35,37H2,1-9H3,(H,55,63)(H,64,65)(H2,56,57,68)/t40-,43+,44+,45+/m1/s1. The number of benzene rings is 2. The molecule has 0 spiro atoms. The van der Waals surface area contributed by atoms with Crippen LogP contribution in [0.1, 0.15) is 156 Å². The molecule has 0 saturated carbocycles. The number of aliphatic carboxylic acids is 1. The number of aryl methyl sites for hydroxylation is 1. The first kappa shape index (κ1) is 60.1. The van der Waals surface area contributed by atoms with Gasteiger partial charge in [0.15, 0.2) is 0 Å². The molecule has 0 radical (unpaired) electrons. The molecule has 18 heteroatoms. The van der Waals surface area contributed by atoms with E-state index in [1.54, 1.807) is 73.2 Å². The molecule has 398 valence electrons. The Morgan fingerprint density at radius 1 is 0.611 bits per heavy atom. The second-order valence-electron chi connectivity index (χ2n) is 21.2. The number of hydrogen-bond donors (Lipinski definition) is 4. The Morgan fingerprint density at radius 2 is 1.15 bits per heavy atom. The highest BCUT2D eigenvalue weighted by Gasteiger charge is 2.32. The summed E-state index contributed by atoms with van der Waals surface area (Å²) in [6.45, 7) is 16.8. The largest absolute Gasteiger partial charge is 0.480 e. The topological polar surface area (TPSA) is 243 Å². The number of ether oxygens (including phenoxy) is 4. The highest BCUT2D eigenvalue weighted by molar-refractivity contribution is 5.90. The fraction of sp³-hybridized carbons (Fsp3) is 0.611. The van der Waals surface area contributed by atoms with Gasteiger partial charge in [0.25, 0.3) is 0 Å². The highest BCUT2D eigenvalue weighted by Crippen LogP contribution is 2.19. The lowest BCUT2D eigenvalue weighted by Gasteiger charge is -2.27. The number of carbonyl (C=O) groups is 7. The summed E-state index contributed by atoms with van der Waals surface area (Å²) in [4.78, 5) is 90.7. The van der Waals surface area contributed by atoms with Gasteiger partial charge in [-0.15, -0.1) is 5.10 Å². The lowest BCUT2D eigenvalue weighted by Crippen LogP contribution is -2.53. The summed E-state index contributed by atoms with van der Waals surface area (Å²) in [5.74, 6) is -4.19. The number of carboxylic acids is 1. The molecule has 4 atom stereocenters. The predicted octanol–water partition coefficient (Wildman–Crippen LogP) is 7.78. The van der Waals surface area contributed by atoms with Gasteiger partial charge in [0.05, 0.1) is 12.8 Å². The van der Waals surface area contributed by atoms with E-state index in [-0.39, 0.29) is 44.5 Å². The molecule has 0 unspecified atom stereocenters. The quantitative estimate of drug-likeness (QED) is 0.0273. The van der Waals surface area contributed by atoms with Crippen molar-refractivity contribution in [3.8, 4) is 0 Å². The van der Waals surface area contributed by atoms with Crippen LogP contribution in [0.2, 0.25) is 0 Å². The number of nitrogens with one attached hydrogen (secondary N) is 3. The van der Waals surface area contributed by atoms with Crippen molar-refractivity contribution in [3.05, 3.63) is 83.7 Å². The average molecular weight is 1010 g/mol. The van der Waals surface area contributed by atoms with Crippen LogP contribution >= 0.6 is 0 Å². The maximum Gasteiger partial charge on any atom is 0.329 e. The first-order valence-corrected chi connectivity index (χ1v) is 25.2. The predicted molar refractivity (Wildman–Crippen MR) is 270 cm³/mol. The number of esters is 3. The zero-order valence-electron chi connectivity index (χ0n) is 44.0. The van der Waals surface area contributed by atoms with Crippen LogP contribution in [0.15, 0.2) is 66.9 Å². The van der Waals surface area contributed by atoms with Crippen LogP contribution < -0.4 is 16.0 Å². The van der Waals surface area contributed by atoms with Crippen molar-refractivity contribution in [1.29, 1.82) is 0 Å². The van der Waals surface area contributed by atoms with Crippen LogP contribution in [-0.4, -0.2) is 103 Å². The number of carbonyl (C=O) groups excluding carboxylic acids is 6. The van der Waals surface area contributed by atoms with Crippen LogP contribution in [0.25, 0.3) is 0 Å². The molecular weight excluding hydrogens is 925 g/mol. The molecule has 2 aromatic carbocycles. The molecule has 3 rings (SSSR count). The molecule has 18 nitrogen and oxygen atoms in total. The van der Waals surface area contributed by atoms with Crippen LogP contribution in [0.4, 0.5) is 4.79 Å². The van der Waals surface area contributed by atoms with Crippen LogP contribution in [-0.2, 0) is 73.7 Å². The Morgan fingerprint density at radius 3 is 1.72 bits per heavy atom. The number of carboxylic acid groups (broad SMARTS) is 1. The Balaban J connectivity index is 1.39. The normalized spacial score (nSPS) is 13.5. The molecule has 0 aliphatic heterocycles. The van der Waals surface area contributed by atoms with E-state index in [9.17, 15) is 38.7 Å². The van der Waals surface area contributed by atoms with Crippen molar-refractivity contribution in [1.82, 2.24) is 30.9 Å². The summed E-state index contributed by atoms with van der Waals surface area (Å²) in [6, 6.07) is 14.4. The molecule has 3 aromatic rings. The lowest BCUT2D eigenvalue weighted by molar-refractivity contribution is -0.159. The number of rotatable bonds is 31. The maximum absolute atomic E-state index is 13.5. The van der Waals surface area contributed by atoms with Crippen LogP contribution in [0.5, 0.6) is 0 Å². The molecule has 0 aliphatic rings. The lowest BCUT2D eigenvalue weighted by atomic mass is 9.91. The van der Waals surface area contributed by atoms with Crippen molar-refractivity contribution < 1.29 is 57.6 Å². The third-order valence-corrected chi connectivity index (χ3v) is 10.8. The average Bonchev–Trinajstić information content (AvgIpc) is 3.74. The van der Waals surface area contributed by atoms with Gasteiger partial charge in [-0.25, -0.2) is 19.2 Å². The van der Waals surface area contributed by atoms with Gasteiger partial charge in [-0.2, -0.15) is 0 Å². The summed E-state index contributed by atoms with van der Waals surface area (Å²) < 4.78 is 24.0. The molecule has 1 aromatic heterocycles. The third-order valence-electron chi connectivity index (χ3n) is 10.8. The summed E-state index contributed by atoms with van der Waals surface area (Å²) >= 11 is 0. The van der Waals surface area contributed by atoms with Gasteiger partial charge in [0.1, 0.15) is 46.4 Å². The van der Waals surface area contributed by atoms with E-state index >= 15 is 0 Å². The SMILES string of the molecule is CC(C)(C)OC(=O)CC[C@H](NC(=O)N[C@@H](CCCCn1cc(COCCCCCCCC(=O)C[C@@H](Cc2ccccc2)C(=O)N[C@@H](Cc2ccccc2)C(=O)O)nn1)C(=O)OC(C)(C)C)C(=O)OC(C)(C)C. The monoisotopic (exact) mass is 1000 g/mol. The summed E-state index contributed by atoms with van der Waals surface area (Å²) in [5, 5.41) is 26.2. The smallest absolute Gasteiger partial charge is 0.329 e. The Hall–Kier alpha value is -6.17. The molecule has 0 bridgehead atoms. The number of urea groups is 1. The molecule has 0 saturated heterocycles. The first-order valence-electron chi connectivity index (χ1n) is 25.2. The minimum atomic E-state index is -1.19. The minimum Gasteiger partial charge on any atom is -0.480 e. The highest BCUT2D eigenvalue weighted by atomic mass is 16.6. The molecule has 3 amide bonds. The summed E-state index contributed by atoms with van der Waals surface area (Å²) in [7, 11) is 0. The van der Waals surface area contributed by atoms with Crippen molar-refractivity contribution in [2.75, 3.05) is 6.61 Å². The van der Waals surface area contributed by atoms with E-state index < -0.39 is 76.7 Å². The van der Waals surface area contributed by atoms with Gasteiger partial charge >= 0.3 is 29.9 Å². The number of hydrogen-bond acceptors (Lipinski definition) is 13. The first-order chi connectivity index (χ1) is 33.9. The Kier molecular flexibility index (Phi) is 25.1. The number of nitrogens with zero attached hydrogens (tertiary/aromatic N) is 3. The number of unbranched alkanes of at least 4 members (excludes halogenated alkanes) is 5. The number of Topliss-reactive ketones (excluding diaryl/α,β-unsaturated/α-hetero) is 1. The van der Waals surface area contributed by atoms with E-state index in [1.807, 2.05) is 60.7 Å². The second-order valence-corrected chi connectivity index (χ2v) is 21.2. The third kappa shape index (κ3) is 26.3. The van der Waals surface area contributed by atoms with Crippen molar-refractivity contribution in [3.63, 3.8) is 0 Å². The minimum absolute atomic E-state index is 0.0268. The van der Waals surface area contributed by atoms with E-state index in [4.69, 9.17) is 18.9 Å². The molecular formula is C54H80N6O12. The van der Waals surface area contributed by atoms with Crippen LogP contribution in [0.3, 0.4) is 0 Å². The van der Waals surface area contributed by atoms with E-state index in [1.165, 1.54) is 0 Å². The van der Waals surface area contributed by atoms with Crippen molar-refractivity contribution in [2.24, 2.45) is 5.92 Å². The number of ketones is 1. The zero-order chi connectivity index (χ0) is 53.3. The van der Waals surface area contributed by atoms with Gasteiger partial charge in [-0.05, 0) is 118 Å². The van der Waals surface area contributed by atoms with Gasteiger partial charge in [-0.3, -0.25) is 19.1 Å². The van der Waals surface area contributed by atoms with Gasteiger partial charge in [-0.1, -0.05) is 85.1 Å². The van der Waals surface area contributed by atoms with Crippen molar-refractivity contribution in [2.45, 2.75) is 200 Å². The van der Waals surface area contributed by atoms with Crippen LogP contribution in [0, 0.1) is 5.92 Å². The zero-order valence-corrected chi connectivity index (χ0v) is 44.0. The van der Waals surface area contributed by atoms with E-state index in [2.05, 4.69) is 26.3 Å². The fourth-order valence-corrected chi connectivity index (χ4v) is 7.50. The van der Waals surface area contributed by atoms with E-state index in [0.717, 1.165) is 36.8 Å². The van der Waals surface area contributed by atoms with Gasteiger partial charge in [0, 0.05) is 44.8 Å². The maximum atomic E-state index is 13.5. The Bertz CT molecular complexity index is 2160. The second kappa shape index (κ2) is 30.0. The fourth-order valence-electron chi connectivity index (χ4n) is 7.50. The van der Waals surface area contributed by atoms with E-state index in [0.29, 0.717) is 50.9 Å². The molecule has 0 aliphatic carbocycles. The van der Waals surface area contributed by atoms with Gasteiger partial charge < -0.3 is 40.0 Å². The number of amides is 3. The molecule has 0 fully saturated rings. The van der Waals surface area contributed by atoms with Crippen molar-refractivity contribution >= 4 is 41.6 Å². The molecule has 72 heavy (non-hydrogen) atoms. The summed E-state index contributed by atoms with van der Waals surface area (Å²) in [5.41, 5.74) is -0.0418. The Labute approximate surface area is 425 Å². The van der Waals surface area contributed by atoms with Gasteiger partial charge in [0.2, 0.25) is 5.91 Å². The molecule has 4 N–H and O–H groups in total.